The summed E-state index contributed by atoms with van der Waals surface area (Å²) < 4.78 is 13.6. The Kier molecular flexibility index (Phi) is 3.99. The van der Waals surface area contributed by atoms with E-state index in [4.69, 9.17) is 5.73 Å². The molecular weight excluding hydrogens is 259 g/mol. The molecule has 6 nitrogen and oxygen atoms in total. The van der Waals surface area contributed by atoms with Crippen molar-refractivity contribution in [1.29, 1.82) is 0 Å². The maximum atomic E-state index is 13.6. The van der Waals surface area contributed by atoms with Crippen LogP contribution in [0.4, 0.5) is 4.39 Å². The smallest absolute Gasteiger partial charge is 0.178 e. The van der Waals surface area contributed by atoms with Gasteiger partial charge in [-0.3, -0.25) is 0 Å². The lowest BCUT2D eigenvalue weighted by Gasteiger charge is -2.04. The Bertz CT molecular complexity index is 672. The van der Waals surface area contributed by atoms with Gasteiger partial charge >= 0.3 is 0 Å². The van der Waals surface area contributed by atoms with Gasteiger partial charge in [-0.25, -0.2) is 14.5 Å². The van der Waals surface area contributed by atoms with E-state index in [9.17, 15) is 4.39 Å². The molecule has 0 fully saturated rings. The summed E-state index contributed by atoms with van der Waals surface area (Å²) in [6.07, 6.45) is 2.76. The largest absolute Gasteiger partial charge is 0.390 e. The fourth-order valence-corrected chi connectivity index (χ4v) is 1.56. The molecule has 20 heavy (non-hydrogen) atoms. The normalized spacial score (nSPS) is 12.0. The number of nitrogens with one attached hydrogen (secondary N) is 1. The number of aryl methyl sites for hydroxylation is 1. The third-order valence-corrected chi connectivity index (χ3v) is 2.64. The molecule has 102 valence electrons. The van der Waals surface area contributed by atoms with Crippen LogP contribution in [-0.2, 0) is 0 Å². The van der Waals surface area contributed by atoms with Gasteiger partial charge in [0.2, 0.25) is 0 Å². The number of tetrazole rings is 1. The second-order valence-electron chi connectivity index (χ2n) is 4.05. The topological polar surface area (TPSA) is 92.8 Å². The number of hydrogen-bond donors (Lipinski definition) is 2. The number of aromatic nitrogens is 4. The van der Waals surface area contributed by atoms with Crippen molar-refractivity contribution in [3.8, 4) is 0 Å². The number of H-pyrrole nitrogens is 1. The maximum Gasteiger partial charge on any atom is 0.178 e. The Hall–Kier alpha value is -2.83. The molecule has 0 saturated heterocycles. The molecule has 0 bridgehead atoms. The van der Waals surface area contributed by atoms with Crippen LogP contribution >= 0.6 is 0 Å². The Morgan fingerprint density at radius 1 is 1.50 bits per heavy atom. The average molecular weight is 272 g/mol. The van der Waals surface area contributed by atoms with Gasteiger partial charge in [-0.15, -0.1) is 5.10 Å². The minimum Gasteiger partial charge on any atom is -0.390 e. The van der Waals surface area contributed by atoms with Gasteiger partial charge in [-0.05, 0) is 35.1 Å². The van der Waals surface area contributed by atoms with Gasteiger partial charge in [0, 0.05) is 11.1 Å². The van der Waals surface area contributed by atoms with Crippen LogP contribution in [0.3, 0.4) is 0 Å². The molecule has 0 aliphatic carbocycles. The van der Waals surface area contributed by atoms with Crippen LogP contribution in [0.15, 0.2) is 35.8 Å². The number of benzene rings is 1. The van der Waals surface area contributed by atoms with Gasteiger partial charge in [0.15, 0.2) is 5.82 Å². The maximum absolute atomic E-state index is 13.6. The van der Waals surface area contributed by atoms with Crippen molar-refractivity contribution in [3.63, 3.8) is 0 Å². The van der Waals surface area contributed by atoms with Crippen molar-refractivity contribution in [3.05, 3.63) is 53.6 Å². The Balaban J connectivity index is 2.40. The van der Waals surface area contributed by atoms with Crippen LogP contribution in [-0.4, -0.2) is 27.0 Å². The monoisotopic (exact) mass is 272 g/mol. The predicted octanol–water partition coefficient (Wildman–Crippen LogP) is 1.69. The fourth-order valence-electron chi connectivity index (χ4n) is 1.56. The zero-order valence-corrected chi connectivity index (χ0v) is 10.8. The van der Waals surface area contributed by atoms with Crippen LogP contribution in [0.25, 0.3) is 11.3 Å². The molecular formula is C13H13FN6. The van der Waals surface area contributed by atoms with Crippen LogP contribution in [0, 0.1) is 12.7 Å². The molecule has 0 unspecified atom stereocenters. The van der Waals surface area contributed by atoms with Gasteiger partial charge in [0.05, 0.1) is 12.0 Å². The van der Waals surface area contributed by atoms with E-state index in [0.717, 1.165) is 6.34 Å². The molecule has 0 aliphatic rings. The van der Waals surface area contributed by atoms with E-state index in [1.165, 1.54) is 6.07 Å². The molecule has 1 aromatic carbocycles. The summed E-state index contributed by atoms with van der Waals surface area (Å²) >= 11 is 0. The number of aromatic amines is 1. The van der Waals surface area contributed by atoms with E-state index in [2.05, 4.69) is 32.2 Å². The third kappa shape index (κ3) is 2.94. The van der Waals surface area contributed by atoms with Crippen molar-refractivity contribution >= 4 is 17.6 Å². The highest BCUT2D eigenvalue weighted by Crippen LogP contribution is 2.22. The molecule has 0 spiro atoms. The summed E-state index contributed by atoms with van der Waals surface area (Å²) in [5.74, 6) is 0.0925. The standard InChI is InChI=1S/C13H13FN6/c1-8-3-4-10(6-11(8)14)12(16-7-15)5-9(2)13-17-19-20-18-13/h3-7H,2H2,1H3,(H2,15,16)(H,17,18,19,20)/b12-5-. The van der Waals surface area contributed by atoms with Gasteiger partial charge in [-0.1, -0.05) is 18.7 Å². The molecule has 0 aliphatic heterocycles. The predicted molar refractivity (Wildman–Crippen MR) is 75.0 cm³/mol. The number of allylic oxidation sites excluding steroid dienone is 2. The average Bonchev–Trinajstić information content (AvgIpc) is 2.95. The Morgan fingerprint density at radius 2 is 2.30 bits per heavy atom. The number of halogens is 1. The summed E-state index contributed by atoms with van der Waals surface area (Å²) in [5, 5.41) is 13.2. The first-order valence-electron chi connectivity index (χ1n) is 5.77. The number of rotatable bonds is 4. The first-order valence-corrected chi connectivity index (χ1v) is 5.77. The van der Waals surface area contributed by atoms with Gasteiger partial charge in [0.1, 0.15) is 5.82 Å². The number of nitrogens with two attached hydrogens (primary N) is 1. The summed E-state index contributed by atoms with van der Waals surface area (Å²) in [7, 11) is 0. The lowest BCUT2D eigenvalue weighted by molar-refractivity contribution is 0.618. The van der Waals surface area contributed by atoms with E-state index in [0.29, 0.717) is 28.2 Å². The summed E-state index contributed by atoms with van der Waals surface area (Å²) in [6.45, 7) is 5.51. The molecule has 1 aromatic heterocycles. The zero-order chi connectivity index (χ0) is 14.5. The minimum absolute atomic E-state index is 0.312. The lowest BCUT2D eigenvalue weighted by Crippen LogP contribution is -1.93. The summed E-state index contributed by atoms with van der Waals surface area (Å²) in [5.41, 5.74) is 7.45. The van der Waals surface area contributed by atoms with Crippen LogP contribution in [0.1, 0.15) is 17.0 Å². The molecule has 2 aromatic rings. The fraction of sp³-hybridized carbons (Fsp3) is 0.0769. The van der Waals surface area contributed by atoms with Crippen LogP contribution < -0.4 is 5.73 Å². The van der Waals surface area contributed by atoms with Crippen molar-refractivity contribution < 1.29 is 4.39 Å². The SMILES string of the molecule is C=C(/C=C(\N=C/N)c1ccc(C)c(F)c1)c1nnn[nH]1. The van der Waals surface area contributed by atoms with E-state index >= 15 is 0 Å². The first-order chi connectivity index (χ1) is 9.61. The van der Waals surface area contributed by atoms with E-state index < -0.39 is 0 Å². The highest BCUT2D eigenvalue weighted by Gasteiger charge is 2.07. The molecule has 0 radical (unpaired) electrons. The van der Waals surface area contributed by atoms with E-state index in [1.54, 1.807) is 25.1 Å². The van der Waals surface area contributed by atoms with E-state index in [1.807, 2.05) is 0 Å². The number of hydrogen-bond acceptors (Lipinski definition) is 4. The number of aliphatic imine (C=N–C) groups is 1. The highest BCUT2D eigenvalue weighted by molar-refractivity contribution is 5.82. The van der Waals surface area contributed by atoms with Crippen LogP contribution in [0.2, 0.25) is 0 Å². The van der Waals surface area contributed by atoms with Gasteiger partial charge < -0.3 is 5.73 Å². The quantitative estimate of drug-likeness (QED) is 0.503. The third-order valence-electron chi connectivity index (χ3n) is 2.64. The lowest BCUT2D eigenvalue weighted by atomic mass is 10.1. The molecule has 0 saturated carbocycles. The van der Waals surface area contributed by atoms with Crippen molar-refractivity contribution in [1.82, 2.24) is 20.6 Å². The van der Waals surface area contributed by atoms with Gasteiger partial charge in [-0.2, -0.15) is 0 Å². The van der Waals surface area contributed by atoms with Crippen molar-refractivity contribution in [2.45, 2.75) is 6.92 Å². The summed E-state index contributed by atoms with van der Waals surface area (Å²) in [6, 6.07) is 4.81. The number of nitrogens with zero attached hydrogens (tertiary/aromatic N) is 4. The second kappa shape index (κ2) is 5.87. The van der Waals surface area contributed by atoms with Crippen molar-refractivity contribution in [2.75, 3.05) is 0 Å². The van der Waals surface area contributed by atoms with Crippen molar-refractivity contribution in [2.24, 2.45) is 10.7 Å². The molecule has 0 atom stereocenters. The first kappa shape index (κ1) is 13.6. The van der Waals surface area contributed by atoms with Gasteiger partial charge in [0.25, 0.3) is 0 Å². The molecule has 2 rings (SSSR count). The molecule has 3 N–H and O–H groups in total. The Labute approximate surface area is 114 Å². The second-order valence-corrected chi connectivity index (χ2v) is 4.05. The highest BCUT2D eigenvalue weighted by atomic mass is 19.1. The molecule has 0 amide bonds. The van der Waals surface area contributed by atoms with Crippen LogP contribution in [0.5, 0.6) is 0 Å². The zero-order valence-electron chi connectivity index (χ0n) is 10.8. The minimum atomic E-state index is -0.312. The van der Waals surface area contributed by atoms with E-state index in [-0.39, 0.29) is 5.82 Å². The molecule has 7 heteroatoms. The Morgan fingerprint density at radius 3 is 2.90 bits per heavy atom. The molecule has 1 heterocycles. The summed E-state index contributed by atoms with van der Waals surface area (Å²) in [4.78, 5) is 4.02.